The number of hydrogen-bond acceptors (Lipinski definition) is 10. The van der Waals surface area contributed by atoms with Crippen LogP contribution in [0, 0.1) is 0 Å². The van der Waals surface area contributed by atoms with Gasteiger partial charge in [-0.1, -0.05) is 204 Å². The van der Waals surface area contributed by atoms with Crippen molar-refractivity contribution in [1.29, 1.82) is 0 Å². The zero-order valence-electron chi connectivity index (χ0n) is 45.6. The first-order valence-corrected chi connectivity index (χ1v) is 29.5. The molecule has 0 aromatic heterocycles. The standard InChI is InChI=1S/C64H84Cl2N4O6/c1-3-5-7-9-11-13-15-17-19-21-23-25-27-29-47-73-57-43-39-55(40-44-57)69-67-53-35-31-51(32-36-53)63(71)75-61-50-62(60(66)49-59(61)65)76-64(72)52-33-37-54(38-34-52)68-70-56-41-45-58(46-42-56)74-48-30-28-26-24-22-20-18-16-14-12-10-8-6-4-2/h31-46,49-50H,3-30,47-48H2,1-2H3. The van der Waals surface area contributed by atoms with Crippen molar-refractivity contribution in [3.8, 4) is 23.0 Å². The minimum Gasteiger partial charge on any atom is -0.494 e. The number of carbonyl (C=O) groups is 2. The number of azo groups is 2. The van der Waals surface area contributed by atoms with Crippen molar-refractivity contribution in [2.24, 2.45) is 20.5 Å². The Labute approximate surface area is 464 Å². The molecule has 0 saturated heterocycles. The molecule has 0 amide bonds. The third kappa shape index (κ3) is 25.5. The van der Waals surface area contributed by atoms with Gasteiger partial charge < -0.3 is 18.9 Å². The lowest BCUT2D eigenvalue weighted by Gasteiger charge is -2.11. The van der Waals surface area contributed by atoms with Gasteiger partial charge >= 0.3 is 11.9 Å². The Hall–Kier alpha value is -5.58. The van der Waals surface area contributed by atoms with Crippen LogP contribution in [0.2, 0.25) is 10.0 Å². The highest BCUT2D eigenvalue weighted by atomic mass is 35.5. The van der Waals surface area contributed by atoms with Gasteiger partial charge in [-0.25, -0.2) is 9.59 Å². The maximum Gasteiger partial charge on any atom is 0.343 e. The average molecular weight is 1080 g/mol. The molecule has 0 unspecified atom stereocenters. The molecular weight excluding hydrogens is 992 g/mol. The Morgan fingerprint density at radius 1 is 0.342 bits per heavy atom. The van der Waals surface area contributed by atoms with Crippen LogP contribution in [-0.2, 0) is 0 Å². The molecule has 0 radical (unpaired) electrons. The number of carbonyl (C=O) groups excluding carboxylic acids is 2. The predicted octanol–water partition coefficient (Wildman–Crippen LogP) is 22.0. The van der Waals surface area contributed by atoms with Crippen LogP contribution < -0.4 is 18.9 Å². The summed E-state index contributed by atoms with van der Waals surface area (Å²) >= 11 is 12.8. The SMILES string of the molecule is CCCCCCCCCCCCCCCCOc1ccc(N=Nc2ccc(C(=O)Oc3cc(OC(=O)c4ccc(N=Nc5ccc(OCCCCCCCCCCCCCCCC)cc5)cc4)c(Cl)cc3Cl)cc2)cc1. The number of rotatable bonds is 40. The fourth-order valence-corrected chi connectivity index (χ4v) is 9.20. The van der Waals surface area contributed by atoms with Gasteiger partial charge in [-0.2, -0.15) is 20.5 Å². The van der Waals surface area contributed by atoms with Gasteiger partial charge in [-0.15, -0.1) is 0 Å². The van der Waals surface area contributed by atoms with Gasteiger partial charge in [0.05, 0.1) is 57.1 Å². The molecular formula is C64H84Cl2N4O6. The van der Waals surface area contributed by atoms with Gasteiger partial charge in [-0.3, -0.25) is 0 Å². The summed E-state index contributed by atoms with van der Waals surface area (Å²) < 4.78 is 23.1. The Kier molecular flexibility index (Phi) is 30.7. The Morgan fingerprint density at radius 3 is 0.868 bits per heavy atom. The van der Waals surface area contributed by atoms with Gasteiger partial charge in [-0.05, 0) is 116 Å². The van der Waals surface area contributed by atoms with Crippen LogP contribution in [0.3, 0.4) is 0 Å². The molecule has 0 fully saturated rings. The van der Waals surface area contributed by atoms with Crippen molar-refractivity contribution in [3.63, 3.8) is 0 Å². The molecule has 0 aliphatic carbocycles. The first-order chi connectivity index (χ1) is 37.3. The summed E-state index contributed by atoms with van der Waals surface area (Å²) in [6.45, 7) is 5.94. The molecule has 0 heterocycles. The number of ether oxygens (including phenoxy) is 4. The number of hydrogen-bond donors (Lipinski definition) is 0. The summed E-state index contributed by atoms with van der Waals surface area (Å²) in [6.07, 6.45) is 37.2. The molecule has 12 heteroatoms. The second-order valence-electron chi connectivity index (χ2n) is 19.9. The van der Waals surface area contributed by atoms with Crippen LogP contribution in [-0.4, -0.2) is 25.2 Å². The van der Waals surface area contributed by atoms with E-state index in [0.717, 1.165) is 24.3 Å². The number of esters is 2. The Balaban J connectivity index is 0.952. The van der Waals surface area contributed by atoms with E-state index in [-0.39, 0.29) is 32.7 Å². The van der Waals surface area contributed by atoms with Crippen molar-refractivity contribution in [1.82, 2.24) is 0 Å². The molecule has 0 saturated carbocycles. The van der Waals surface area contributed by atoms with Crippen LogP contribution in [0.1, 0.15) is 214 Å². The molecule has 0 N–H and O–H groups in total. The zero-order chi connectivity index (χ0) is 53.7. The molecule has 0 aliphatic rings. The third-order valence-corrected chi connectivity index (χ3v) is 14.0. The van der Waals surface area contributed by atoms with Gasteiger partial charge in [0.2, 0.25) is 0 Å². The smallest absolute Gasteiger partial charge is 0.343 e. The van der Waals surface area contributed by atoms with Crippen LogP contribution in [0.15, 0.2) is 130 Å². The number of halogens is 2. The lowest BCUT2D eigenvalue weighted by atomic mass is 10.0. The second kappa shape index (κ2) is 38.0. The number of benzene rings is 5. The van der Waals surface area contributed by atoms with Gasteiger partial charge in [0, 0.05) is 6.07 Å². The van der Waals surface area contributed by atoms with E-state index in [2.05, 4.69) is 34.3 Å². The molecule has 5 aromatic carbocycles. The zero-order valence-corrected chi connectivity index (χ0v) is 47.1. The molecule has 410 valence electrons. The molecule has 0 aliphatic heterocycles. The van der Waals surface area contributed by atoms with Crippen molar-refractivity contribution in [3.05, 3.63) is 130 Å². The highest BCUT2D eigenvalue weighted by Gasteiger charge is 2.18. The summed E-state index contributed by atoms with van der Waals surface area (Å²) in [5.41, 5.74) is 2.94. The lowest BCUT2D eigenvalue weighted by Crippen LogP contribution is -2.11. The van der Waals surface area contributed by atoms with E-state index in [9.17, 15) is 9.59 Å². The van der Waals surface area contributed by atoms with E-state index in [1.54, 1.807) is 48.5 Å². The fourth-order valence-electron chi connectivity index (χ4n) is 8.74. The minimum atomic E-state index is -0.681. The highest BCUT2D eigenvalue weighted by molar-refractivity contribution is 6.36. The van der Waals surface area contributed by atoms with Gasteiger partial charge in [0.1, 0.15) is 11.5 Å². The topological polar surface area (TPSA) is 121 Å². The average Bonchev–Trinajstić information content (AvgIpc) is 3.44. The van der Waals surface area contributed by atoms with Crippen LogP contribution >= 0.6 is 23.2 Å². The van der Waals surface area contributed by atoms with Crippen LogP contribution in [0.5, 0.6) is 23.0 Å². The van der Waals surface area contributed by atoms with Crippen LogP contribution in [0.4, 0.5) is 22.7 Å². The summed E-state index contributed by atoms with van der Waals surface area (Å²) in [5, 5.41) is 17.4. The monoisotopic (exact) mass is 1070 g/mol. The first kappa shape index (κ1) is 61.3. The summed E-state index contributed by atoms with van der Waals surface area (Å²) in [4.78, 5) is 26.3. The molecule has 10 nitrogen and oxygen atoms in total. The van der Waals surface area contributed by atoms with E-state index < -0.39 is 11.9 Å². The van der Waals surface area contributed by atoms with Crippen molar-refractivity contribution >= 4 is 57.9 Å². The minimum absolute atomic E-state index is 0.0324. The lowest BCUT2D eigenvalue weighted by molar-refractivity contribution is 0.0733. The summed E-state index contributed by atoms with van der Waals surface area (Å²) in [6, 6.07) is 30.6. The van der Waals surface area contributed by atoms with Gasteiger partial charge in [0.25, 0.3) is 0 Å². The van der Waals surface area contributed by atoms with E-state index in [0.29, 0.717) is 36.0 Å². The Bertz CT molecular complexity index is 2260. The van der Waals surface area contributed by atoms with E-state index in [1.165, 1.54) is 179 Å². The molecule has 76 heavy (non-hydrogen) atoms. The van der Waals surface area contributed by atoms with Crippen molar-refractivity contribution in [2.75, 3.05) is 13.2 Å². The third-order valence-electron chi connectivity index (χ3n) is 13.4. The maximum atomic E-state index is 13.2. The fraction of sp³-hybridized carbons (Fsp3) is 0.500. The highest BCUT2D eigenvalue weighted by Crippen LogP contribution is 2.37. The predicted molar refractivity (Wildman–Crippen MR) is 312 cm³/mol. The Morgan fingerprint density at radius 2 is 0.592 bits per heavy atom. The van der Waals surface area contributed by atoms with Crippen molar-refractivity contribution < 1.29 is 28.5 Å². The normalized spacial score (nSPS) is 11.4. The summed E-state index contributed by atoms with van der Waals surface area (Å²) in [7, 11) is 0. The van der Waals surface area contributed by atoms with Gasteiger partial charge in [0.15, 0.2) is 11.5 Å². The number of nitrogens with zero attached hydrogens (tertiary/aromatic N) is 4. The molecule has 5 aromatic rings. The molecule has 0 spiro atoms. The van der Waals surface area contributed by atoms with E-state index in [4.69, 9.17) is 42.1 Å². The quantitative estimate of drug-likeness (QED) is 0.0167. The number of unbranched alkanes of at least 4 members (excludes halogenated alkanes) is 26. The molecule has 0 bridgehead atoms. The van der Waals surface area contributed by atoms with E-state index >= 15 is 0 Å². The largest absolute Gasteiger partial charge is 0.494 e. The van der Waals surface area contributed by atoms with Crippen molar-refractivity contribution in [2.45, 2.75) is 194 Å². The van der Waals surface area contributed by atoms with E-state index in [1.807, 2.05) is 48.5 Å². The maximum absolute atomic E-state index is 13.2. The molecule has 0 atom stereocenters. The molecule has 5 rings (SSSR count). The second-order valence-corrected chi connectivity index (χ2v) is 20.7. The summed E-state index contributed by atoms with van der Waals surface area (Å²) in [5.74, 6) is 0.186. The van der Waals surface area contributed by atoms with Crippen LogP contribution in [0.25, 0.3) is 0 Å². The first-order valence-electron chi connectivity index (χ1n) is 28.7.